The van der Waals surface area contributed by atoms with E-state index in [-0.39, 0.29) is 19.8 Å². The van der Waals surface area contributed by atoms with Crippen LogP contribution < -0.4 is 4.90 Å². The topological polar surface area (TPSA) is 115 Å². The SMILES string of the molecule is Cn1nnc(-c2ccc(-c3ccc(N4C[C@H](COCCCO)OC4=O)cc3F)cn2)n1. The van der Waals surface area contributed by atoms with E-state index in [1.165, 1.54) is 22.0 Å². The molecular formula is C20H21FN6O4. The number of ether oxygens (including phenoxy) is 2. The fourth-order valence-electron chi connectivity index (χ4n) is 3.18. The average Bonchev–Trinajstić information content (AvgIpc) is 3.37. The van der Waals surface area contributed by atoms with Crippen molar-refractivity contribution in [2.75, 3.05) is 31.3 Å². The van der Waals surface area contributed by atoms with Gasteiger partial charge in [-0.1, -0.05) is 6.07 Å². The lowest BCUT2D eigenvalue weighted by Gasteiger charge is -2.14. The molecule has 1 atom stereocenters. The Morgan fingerprint density at radius 3 is 2.87 bits per heavy atom. The number of amides is 1. The molecule has 162 valence electrons. The molecule has 0 saturated carbocycles. The number of hydrogen-bond donors (Lipinski definition) is 1. The molecule has 31 heavy (non-hydrogen) atoms. The number of carbonyl (C=O) groups excluding carboxylic acids is 1. The van der Waals surface area contributed by atoms with Crippen LogP contribution in [0, 0.1) is 5.82 Å². The zero-order chi connectivity index (χ0) is 21.8. The molecule has 1 aliphatic heterocycles. The molecule has 1 fully saturated rings. The van der Waals surface area contributed by atoms with Gasteiger partial charge in [-0.05, 0) is 35.9 Å². The van der Waals surface area contributed by atoms with Crippen molar-refractivity contribution in [2.45, 2.75) is 12.5 Å². The third-order valence-corrected chi connectivity index (χ3v) is 4.70. The van der Waals surface area contributed by atoms with Crippen molar-refractivity contribution in [2.24, 2.45) is 7.05 Å². The first-order chi connectivity index (χ1) is 15.0. The van der Waals surface area contributed by atoms with E-state index in [9.17, 15) is 9.18 Å². The van der Waals surface area contributed by atoms with Crippen LogP contribution in [0.25, 0.3) is 22.6 Å². The number of cyclic esters (lactones) is 1. The Kier molecular flexibility index (Phi) is 6.14. The van der Waals surface area contributed by atoms with Gasteiger partial charge >= 0.3 is 6.09 Å². The highest BCUT2D eigenvalue weighted by Gasteiger charge is 2.32. The monoisotopic (exact) mass is 428 g/mol. The van der Waals surface area contributed by atoms with Crippen LogP contribution in [0.2, 0.25) is 0 Å². The summed E-state index contributed by atoms with van der Waals surface area (Å²) >= 11 is 0. The maximum atomic E-state index is 14.8. The molecule has 4 rings (SSSR count). The first kappa shape index (κ1) is 20.8. The number of rotatable bonds is 8. The summed E-state index contributed by atoms with van der Waals surface area (Å²) < 4.78 is 25.5. The quantitative estimate of drug-likeness (QED) is 0.540. The van der Waals surface area contributed by atoms with Gasteiger partial charge in [-0.15, -0.1) is 10.2 Å². The van der Waals surface area contributed by atoms with Crippen LogP contribution in [0.3, 0.4) is 0 Å². The summed E-state index contributed by atoms with van der Waals surface area (Å²) in [5.41, 5.74) is 1.86. The van der Waals surface area contributed by atoms with E-state index >= 15 is 0 Å². The van der Waals surface area contributed by atoms with Crippen molar-refractivity contribution in [3.05, 3.63) is 42.3 Å². The van der Waals surface area contributed by atoms with Gasteiger partial charge in [0.2, 0.25) is 5.82 Å². The summed E-state index contributed by atoms with van der Waals surface area (Å²) in [6.45, 7) is 0.908. The second-order valence-electron chi connectivity index (χ2n) is 6.97. The Morgan fingerprint density at radius 1 is 1.32 bits per heavy atom. The normalized spacial score (nSPS) is 16.0. The number of hydrogen-bond acceptors (Lipinski definition) is 8. The van der Waals surface area contributed by atoms with Crippen molar-refractivity contribution in [1.29, 1.82) is 0 Å². The molecule has 0 spiro atoms. The Hall–Kier alpha value is -3.44. The third kappa shape index (κ3) is 4.67. The van der Waals surface area contributed by atoms with Gasteiger partial charge in [-0.2, -0.15) is 4.80 Å². The maximum absolute atomic E-state index is 14.8. The fourth-order valence-corrected chi connectivity index (χ4v) is 3.18. The highest BCUT2D eigenvalue weighted by molar-refractivity contribution is 5.90. The zero-order valence-electron chi connectivity index (χ0n) is 16.8. The molecule has 2 aromatic heterocycles. The van der Waals surface area contributed by atoms with Crippen molar-refractivity contribution in [3.63, 3.8) is 0 Å². The number of aliphatic hydroxyl groups excluding tert-OH is 1. The van der Waals surface area contributed by atoms with Crippen LogP contribution in [-0.4, -0.2) is 68.9 Å². The Morgan fingerprint density at radius 2 is 2.19 bits per heavy atom. The van der Waals surface area contributed by atoms with Gasteiger partial charge in [-0.25, -0.2) is 9.18 Å². The highest BCUT2D eigenvalue weighted by atomic mass is 19.1. The average molecular weight is 428 g/mol. The van der Waals surface area contributed by atoms with Gasteiger partial charge in [0.25, 0.3) is 0 Å². The second kappa shape index (κ2) is 9.14. The lowest BCUT2D eigenvalue weighted by atomic mass is 10.1. The number of aromatic nitrogens is 5. The second-order valence-corrected chi connectivity index (χ2v) is 6.97. The molecule has 3 heterocycles. The Bertz CT molecular complexity index is 1060. The van der Waals surface area contributed by atoms with Crippen molar-refractivity contribution in [3.8, 4) is 22.6 Å². The number of carbonyl (C=O) groups is 1. The van der Waals surface area contributed by atoms with E-state index in [1.54, 1.807) is 31.3 Å². The lowest BCUT2D eigenvalue weighted by Crippen LogP contribution is -2.26. The number of pyridine rings is 1. The van der Waals surface area contributed by atoms with E-state index in [0.29, 0.717) is 41.4 Å². The van der Waals surface area contributed by atoms with Gasteiger partial charge < -0.3 is 14.6 Å². The molecule has 1 aliphatic rings. The number of tetrazole rings is 1. The van der Waals surface area contributed by atoms with Gasteiger partial charge in [0, 0.05) is 30.5 Å². The van der Waals surface area contributed by atoms with E-state index in [1.807, 2.05) is 0 Å². The summed E-state index contributed by atoms with van der Waals surface area (Å²) in [7, 11) is 1.66. The van der Waals surface area contributed by atoms with Crippen LogP contribution >= 0.6 is 0 Å². The zero-order valence-corrected chi connectivity index (χ0v) is 16.8. The highest BCUT2D eigenvalue weighted by Crippen LogP contribution is 2.29. The molecule has 0 bridgehead atoms. The first-order valence-corrected chi connectivity index (χ1v) is 9.72. The largest absolute Gasteiger partial charge is 0.441 e. The van der Waals surface area contributed by atoms with Crippen molar-refractivity contribution >= 4 is 11.8 Å². The minimum absolute atomic E-state index is 0.0394. The van der Waals surface area contributed by atoms with E-state index in [0.717, 1.165) is 0 Å². The van der Waals surface area contributed by atoms with Crippen molar-refractivity contribution < 1.29 is 23.8 Å². The van der Waals surface area contributed by atoms with E-state index in [2.05, 4.69) is 20.4 Å². The fraction of sp³-hybridized carbons (Fsp3) is 0.350. The number of halogens is 1. The molecule has 0 unspecified atom stereocenters. The summed E-state index contributed by atoms with van der Waals surface area (Å²) in [5.74, 6) is -0.104. The van der Waals surface area contributed by atoms with Crippen LogP contribution in [0.15, 0.2) is 36.5 Å². The molecule has 1 saturated heterocycles. The molecule has 11 heteroatoms. The summed E-state index contributed by atoms with van der Waals surface area (Å²) in [6.07, 6.45) is 1.06. The number of aliphatic hydroxyl groups is 1. The van der Waals surface area contributed by atoms with Crippen LogP contribution in [-0.2, 0) is 16.5 Å². The maximum Gasteiger partial charge on any atom is 0.414 e. The standard InChI is InChI=1S/C20H21FN6O4/c1-26-24-19(23-25-26)18-6-3-13(10-22-18)16-5-4-14(9-17(16)21)27-11-15(31-20(27)29)12-30-8-2-7-28/h3-6,9-10,15,28H,2,7-8,11-12H2,1H3/t15-/m1/s1. The number of aryl methyl sites for hydroxylation is 1. The molecule has 10 nitrogen and oxygen atoms in total. The minimum Gasteiger partial charge on any atom is -0.441 e. The molecule has 1 N–H and O–H groups in total. The minimum atomic E-state index is -0.551. The van der Waals surface area contributed by atoms with Crippen molar-refractivity contribution in [1.82, 2.24) is 25.2 Å². The molecule has 1 aromatic carbocycles. The van der Waals surface area contributed by atoms with E-state index in [4.69, 9.17) is 14.6 Å². The lowest BCUT2D eigenvalue weighted by molar-refractivity contribution is 0.0403. The van der Waals surface area contributed by atoms with Gasteiger partial charge in [0.05, 0.1) is 25.9 Å². The molecule has 0 radical (unpaired) electrons. The van der Waals surface area contributed by atoms with Crippen LogP contribution in [0.1, 0.15) is 6.42 Å². The number of nitrogens with zero attached hydrogens (tertiary/aromatic N) is 6. The number of anilines is 1. The Labute approximate surface area is 177 Å². The number of benzene rings is 1. The van der Waals surface area contributed by atoms with Gasteiger partial charge in [0.1, 0.15) is 17.6 Å². The predicted molar refractivity (Wildman–Crippen MR) is 108 cm³/mol. The van der Waals surface area contributed by atoms with Gasteiger partial charge in [0.15, 0.2) is 0 Å². The molecule has 0 aliphatic carbocycles. The molecular weight excluding hydrogens is 407 g/mol. The van der Waals surface area contributed by atoms with Gasteiger partial charge in [-0.3, -0.25) is 9.88 Å². The summed E-state index contributed by atoms with van der Waals surface area (Å²) in [6, 6.07) is 7.97. The summed E-state index contributed by atoms with van der Waals surface area (Å²) in [5, 5.41) is 20.5. The summed E-state index contributed by atoms with van der Waals surface area (Å²) in [4.78, 5) is 19.2. The molecule has 3 aromatic rings. The smallest absolute Gasteiger partial charge is 0.414 e. The van der Waals surface area contributed by atoms with Crippen LogP contribution in [0.4, 0.5) is 14.9 Å². The van der Waals surface area contributed by atoms with E-state index < -0.39 is 18.0 Å². The Balaban J connectivity index is 1.45. The first-order valence-electron chi connectivity index (χ1n) is 9.72. The van der Waals surface area contributed by atoms with Crippen LogP contribution in [0.5, 0.6) is 0 Å². The molecule has 1 amide bonds. The predicted octanol–water partition coefficient (Wildman–Crippen LogP) is 1.80. The third-order valence-electron chi connectivity index (χ3n) is 4.70.